The number of rotatable bonds is 5. The number of nitrogens with one attached hydrogen (secondary N) is 1. The summed E-state index contributed by atoms with van der Waals surface area (Å²) in [6.07, 6.45) is 1.53. The first-order chi connectivity index (χ1) is 13.7. The third-order valence-electron chi connectivity index (χ3n) is 5.81. The van der Waals surface area contributed by atoms with Gasteiger partial charge in [0.15, 0.2) is 0 Å². The Kier molecular flexibility index (Phi) is 5.33. The largest absolute Gasteiger partial charge is 0.368 e. The normalized spacial score (nSPS) is 21.3. The first kappa shape index (κ1) is 18.5. The summed E-state index contributed by atoms with van der Waals surface area (Å²) in [6.45, 7) is 5.18. The van der Waals surface area contributed by atoms with Crippen LogP contribution in [-0.4, -0.2) is 42.9 Å². The molecule has 1 aliphatic heterocycles. The van der Waals surface area contributed by atoms with E-state index in [4.69, 9.17) is 0 Å². The Morgan fingerprint density at radius 3 is 2.32 bits per heavy atom. The maximum Gasteiger partial charge on any atom is 0.228 e. The van der Waals surface area contributed by atoms with E-state index in [0.717, 1.165) is 43.9 Å². The maximum atomic E-state index is 12.8. The highest BCUT2D eigenvalue weighted by atomic mass is 16.2. The van der Waals surface area contributed by atoms with E-state index in [1.54, 1.807) is 0 Å². The first-order valence-electron chi connectivity index (χ1n) is 10.1. The molecular formula is C23H27N3O2. The lowest BCUT2D eigenvalue weighted by atomic mass is 10.1. The van der Waals surface area contributed by atoms with Crippen molar-refractivity contribution in [2.45, 2.75) is 19.8 Å². The van der Waals surface area contributed by atoms with Crippen LogP contribution in [0.2, 0.25) is 0 Å². The Morgan fingerprint density at radius 1 is 0.929 bits per heavy atom. The van der Waals surface area contributed by atoms with Crippen molar-refractivity contribution in [3.63, 3.8) is 0 Å². The summed E-state index contributed by atoms with van der Waals surface area (Å²) >= 11 is 0. The van der Waals surface area contributed by atoms with Crippen LogP contribution < -0.4 is 10.2 Å². The molecule has 1 saturated heterocycles. The number of amides is 2. The Labute approximate surface area is 166 Å². The minimum absolute atomic E-state index is 0.0258. The molecule has 0 aromatic heterocycles. The Morgan fingerprint density at radius 2 is 1.61 bits per heavy atom. The summed E-state index contributed by atoms with van der Waals surface area (Å²) in [6, 6.07) is 18.2. The summed E-state index contributed by atoms with van der Waals surface area (Å²) in [7, 11) is 0. The third-order valence-corrected chi connectivity index (χ3v) is 5.81. The SMILES string of the molecule is CCc1ccccc1NC(=O)C1CC1C(=O)N1CCN(c2ccccc2)CC1. The predicted molar refractivity (Wildman–Crippen MR) is 111 cm³/mol. The molecule has 0 spiro atoms. The van der Waals surface area contributed by atoms with Crippen molar-refractivity contribution in [1.82, 2.24) is 4.90 Å². The molecule has 2 aromatic carbocycles. The van der Waals surface area contributed by atoms with E-state index < -0.39 is 0 Å². The van der Waals surface area contributed by atoms with Crippen LogP contribution in [0.1, 0.15) is 18.9 Å². The van der Waals surface area contributed by atoms with E-state index in [9.17, 15) is 9.59 Å². The zero-order valence-electron chi connectivity index (χ0n) is 16.3. The number of piperazine rings is 1. The van der Waals surface area contributed by atoms with Gasteiger partial charge in [0.05, 0.1) is 11.8 Å². The molecule has 2 aliphatic rings. The van der Waals surface area contributed by atoms with Gasteiger partial charge in [0.25, 0.3) is 0 Å². The summed E-state index contributed by atoms with van der Waals surface area (Å²) in [5.41, 5.74) is 3.19. The molecule has 1 N–H and O–H groups in total. The smallest absolute Gasteiger partial charge is 0.228 e. The molecule has 2 amide bonds. The van der Waals surface area contributed by atoms with Crippen LogP contribution in [0.25, 0.3) is 0 Å². The maximum absolute atomic E-state index is 12.8. The van der Waals surface area contributed by atoms with Crippen LogP contribution in [0.15, 0.2) is 54.6 Å². The summed E-state index contributed by atoms with van der Waals surface area (Å²) < 4.78 is 0. The molecule has 1 saturated carbocycles. The van der Waals surface area contributed by atoms with E-state index >= 15 is 0 Å². The number of carbonyl (C=O) groups is 2. The van der Waals surface area contributed by atoms with Gasteiger partial charge in [0.2, 0.25) is 11.8 Å². The topological polar surface area (TPSA) is 52.7 Å². The average molecular weight is 377 g/mol. The van der Waals surface area contributed by atoms with Crippen LogP contribution >= 0.6 is 0 Å². The molecule has 4 rings (SSSR count). The molecule has 2 atom stereocenters. The van der Waals surface area contributed by atoms with Gasteiger partial charge >= 0.3 is 0 Å². The predicted octanol–water partition coefficient (Wildman–Crippen LogP) is 3.17. The third kappa shape index (κ3) is 3.88. The van der Waals surface area contributed by atoms with Crippen molar-refractivity contribution >= 4 is 23.2 Å². The molecule has 1 aliphatic carbocycles. The number of nitrogens with zero attached hydrogens (tertiary/aromatic N) is 2. The minimum atomic E-state index is -0.190. The standard InChI is InChI=1S/C23H27N3O2/c1-2-17-8-6-7-11-21(17)24-22(27)19-16-20(19)23(28)26-14-12-25(13-15-26)18-9-4-3-5-10-18/h3-11,19-20H,2,12-16H2,1H3,(H,24,27). The number of aryl methyl sites for hydroxylation is 1. The number of carbonyl (C=O) groups excluding carboxylic acids is 2. The van der Waals surface area contributed by atoms with Gasteiger partial charge in [0.1, 0.15) is 0 Å². The molecule has 2 fully saturated rings. The quantitative estimate of drug-likeness (QED) is 0.871. The average Bonchev–Trinajstić information content (AvgIpc) is 3.55. The van der Waals surface area contributed by atoms with Gasteiger partial charge in [-0.25, -0.2) is 0 Å². The molecule has 5 nitrogen and oxygen atoms in total. The van der Waals surface area contributed by atoms with Gasteiger partial charge in [-0.05, 0) is 36.6 Å². The second-order valence-corrected chi connectivity index (χ2v) is 7.60. The second-order valence-electron chi connectivity index (χ2n) is 7.60. The van der Waals surface area contributed by atoms with Crippen LogP contribution in [0.3, 0.4) is 0 Å². The van der Waals surface area contributed by atoms with Crippen molar-refractivity contribution in [2.24, 2.45) is 11.8 Å². The lowest BCUT2D eigenvalue weighted by Gasteiger charge is -2.36. The summed E-state index contributed by atoms with van der Waals surface area (Å²) in [5, 5.41) is 3.02. The molecular weight excluding hydrogens is 350 g/mol. The van der Waals surface area contributed by atoms with Crippen LogP contribution in [0.5, 0.6) is 0 Å². The van der Waals surface area contributed by atoms with Crippen LogP contribution in [-0.2, 0) is 16.0 Å². The first-order valence-corrected chi connectivity index (χ1v) is 10.1. The van der Waals surface area contributed by atoms with Crippen molar-refractivity contribution in [3.8, 4) is 0 Å². The van der Waals surface area contributed by atoms with Gasteiger partial charge < -0.3 is 15.1 Å². The van der Waals surface area contributed by atoms with Gasteiger partial charge in [-0.1, -0.05) is 43.3 Å². The van der Waals surface area contributed by atoms with Gasteiger partial charge in [-0.15, -0.1) is 0 Å². The minimum Gasteiger partial charge on any atom is -0.368 e. The Balaban J connectivity index is 1.29. The lowest BCUT2D eigenvalue weighted by molar-refractivity contribution is -0.134. The lowest BCUT2D eigenvalue weighted by Crippen LogP contribution is -2.49. The number of hydrogen-bond donors (Lipinski definition) is 1. The van der Waals surface area contributed by atoms with E-state index in [2.05, 4.69) is 29.3 Å². The van der Waals surface area contributed by atoms with Crippen LogP contribution in [0, 0.1) is 11.8 Å². The summed E-state index contributed by atoms with van der Waals surface area (Å²) in [5.74, 6) is -0.236. The number of benzene rings is 2. The highest BCUT2D eigenvalue weighted by molar-refractivity contribution is 6.00. The fourth-order valence-electron chi connectivity index (χ4n) is 3.99. The molecule has 2 aromatic rings. The molecule has 28 heavy (non-hydrogen) atoms. The zero-order chi connectivity index (χ0) is 19.5. The molecule has 146 valence electrons. The molecule has 0 radical (unpaired) electrons. The Bertz CT molecular complexity index is 844. The van der Waals surface area contributed by atoms with Crippen molar-refractivity contribution in [1.29, 1.82) is 0 Å². The van der Waals surface area contributed by atoms with Crippen molar-refractivity contribution in [2.75, 3.05) is 36.4 Å². The fourth-order valence-corrected chi connectivity index (χ4v) is 3.99. The number of para-hydroxylation sites is 2. The number of anilines is 2. The van der Waals surface area contributed by atoms with Crippen molar-refractivity contribution < 1.29 is 9.59 Å². The Hall–Kier alpha value is -2.82. The number of hydrogen-bond acceptors (Lipinski definition) is 3. The van der Waals surface area contributed by atoms with Crippen molar-refractivity contribution in [3.05, 3.63) is 60.2 Å². The van der Waals surface area contributed by atoms with E-state index in [0.29, 0.717) is 6.42 Å². The van der Waals surface area contributed by atoms with Crippen LogP contribution in [0.4, 0.5) is 11.4 Å². The molecule has 0 bridgehead atoms. The van der Waals surface area contributed by atoms with Gasteiger partial charge in [-0.3, -0.25) is 9.59 Å². The highest BCUT2D eigenvalue weighted by Crippen LogP contribution is 2.41. The zero-order valence-corrected chi connectivity index (χ0v) is 16.3. The highest BCUT2D eigenvalue weighted by Gasteiger charge is 2.49. The van der Waals surface area contributed by atoms with Gasteiger partial charge in [-0.2, -0.15) is 0 Å². The van der Waals surface area contributed by atoms with Gasteiger partial charge in [0, 0.05) is 37.6 Å². The molecule has 2 unspecified atom stereocenters. The molecule has 1 heterocycles. The summed E-state index contributed by atoms with van der Waals surface area (Å²) in [4.78, 5) is 29.6. The van der Waals surface area contributed by atoms with E-state index in [1.807, 2.05) is 47.4 Å². The monoisotopic (exact) mass is 377 g/mol. The van der Waals surface area contributed by atoms with E-state index in [-0.39, 0.29) is 23.7 Å². The second kappa shape index (κ2) is 8.05. The van der Waals surface area contributed by atoms with E-state index in [1.165, 1.54) is 5.69 Å². The molecule has 5 heteroatoms. The fraction of sp³-hybridized carbons (Fsp3) is 0.391.